The van der Waals surface area contributed by atoms with Crippen molar-refractivity contribution >= 4 is 12.0 Å². The maximum absolute atomic E-state index is 11.9. The molecule has 0 aromatic rings. The van der Waals surface area contributed by atoms with Crippen molar-refractivity contribution in [1.29, 1.82) is 0 Å². The van der Waals surface area contributed by atoms with Gasteiger partial charge in [-0.1, -0.05) is 0 Å². The van der Waals surface area contributed by atoms with Gasteiger partial charge in [0.15, 0.2) is 0 Å². The molecule has 1 saturated heterocycles. The van der Waals surface area contributed by atoms with E-state index in [0.29, 0.717) is 0 Å². The van der Waals surface area contributed by atoms with E-state index in [4.69, 9.17) is 9.84 Å². The van der Waals surface area contributed by atoms with Gasteiger partial charge in [0.1, 0.15) is 12.6 Å². The van der Waals surface area contributed by atoms with E-state index >= 15 is 0 Å². The maximum Gasteiger partial charge on any atom is 0.405 e. The first-order valence-electron chi connectivity index (χ1n) is 5.11. The number of aliphatic carboxylic acids is 1. The van der Waals surface area contributed by atoms with Crippen LogP contribution in [0.2, 0.25) is 0 Å². The number of hydrogen-bond acceptors (Lipinski definition) is 3. The number of nitrogens with zero attached hydrogens (tertiary/aromatic N) is 1. The van der Waals surface area contributed by atoms with Crippen molar-refractivity contribution in [2.75, 3.05) is 20.2 Å². The normalized spacial score (nSPS) is 24.1. The molecular weight excluding hydrogens is 257 g/mol. The summed E-state index contributed by atoms with van der Waals surface area (Å²) < 4.78 is 40.7. The van der Waals surface area contributed by atoms with Crippen molar-refractivity contribution < 1.29 is 32.6 Å². The Morgan fingerprint density at radius 1 is 1.50 bits per heavy atom. The smallest absolute Gasteiger partial charge is 0.405 e. The van der Waals surface area contributed by atoms with Crippen LogP contribution in [0.25, 0.3) is 0 Å². The summed E-state index contributed by atoms with van der Waals surface area (Å²) in [7, 11) is 1.35. The lowest BCUT2D eigenvalue weighted by atomic mass is 10.2. The monoisotopic (exact) mass is 270 g/mol. The number of likely N-dealkylation sites (tertiary alicyclic amines) is 1. The number of alkyl halides is 3. The number of rotatable bonds is 3. The number of hydrogen-bond donors (Lipinski definition) is 2. The predicted octanol–water partition coefficient (Wildman–Crippen LogP) is 0.432. The molecule has 2 atom stereocenters. The van der Waals surface area contributed by atoms with E-state index in [1.807, 2.05) is 0 Å². The lowest BCUT2D eigenvalue weighted by molar-refractivity contribution is -0.141. The SMILES string of the molecule is COC1CC(C(=O)O)N(C(=O)NCC(F)(F)F)C1. The van der Waals surface area contributed by atoms with Crippen LogP contribution in [0.4, 0.5) is 18.0 Å². The van der Waals surface area contributed by atoms with Crippen molar-refractivity contribution in [2.45, 2.75) is 24.7 Å². The third-order valence-electron chi connectivity index (χ3n) is 2.58. The van der Waals surface area contributed by atoms with Gasteiger partial charge in [0, 0.05) is 20.1 Å². The molecule has 0 aromatic carbocycles. The van der Waals surface area contributed by atoms with Gasteiger partial charge < -0.3 is 20.1 Å². The second-order valence-corrected chi connectivity index (χ2v) is 3.87. The van der Waals surface area contributed by atoms with Gasteiger partial charge in [0.2, 0.25) is 0 Å². The van der Waals surface area contributed by atoms with Crippen LogP contribution in [0, 0.1) is 0 Å². The topological polar surface area (TPSA) is 78.9 Å². The van der Waals surface area contributed by atoms with Crippen LogP contribution in [0.1, 0.15) is 6.42 Å². The summed E-state index contributed by atoms with van der Waals surface area (Å²) in [4.78, 5) is 23.2. The molecule has 2 unspecified atom stereocenters. The Bertz CT molecular complexity index is 334. The largest absolute Gasteiger partial charge is 0.480 e. The van der Waals surface area contributed by atoms with E-state index in [-0.39, 0.29) is 13.0 Å². The standard InChI is InChI=1S/C9H13F3N2O4/c1-18-5-2-6(7(15)16)14(3-5)8(17)13-4-9(10,11)12/h5-6H,2-4H2,1H3,(H,13,17)(H,15,16). The van der Waals surface area contributed by atoms with E-state index in [2.05, 4.69) is 0 Å². The summed E-state index contributed by atoms with van der Waals surface area (Å²) in [5.41, 5.74) is 0. The van der Waals surface area contributed by atoms with Crippen LogP contribution < -0.4 is 5.32 Å². The van der Waals surface area contributed by atoms with Crippen LogP contribution in [-0.4, -0.2) is 60.5 Å². The highest BCUT2D eigenvalue weighted by molar-refractivity contribution is 5.83. The molecule has 2 N–H and O–H groups in total. The highest BCUT2D eigenvalue weighted by atomic mass is 19.4. The fourth-order valence-electron chi connectivity index (χ4n) is 1.70. The molecular formula is C9H13F3N2O4. The van der Waals surface area contributed by atoms with Crippen LogP contribution in [0.15, 0.2) is 0 Å². The molecule has 1 heterocycles. The molecule has 18 heavy (non-hydrogen) atoms. The average molecular weight is 270 g/mol. The zero-order chi connectivity index (χ0) is 13.9. The molecule has 0 aromatic heterocycles. The molecule has 0 aliphatic carbocycles. The van der Waals surface area contributed by atoms with Gasteiger partial charge in [-0.3, -0.25) is 0 Å². The first-order valence-corrected chi connectivity index (χ1v) is 5.11. The van der Waals surface area contributed by atoms with Crippen LogP contribution in [0.3, 0.4) is 0 Å². The van der Waals surface area contributed by atoms with Gasteiger partial charge >= 0.3 is 18.2 Å². The summed E-state index contributed by atoms with van der Waals surface area (Å²) >= 11 is 0. The zero-order valence-electron chi connectivity index (χ0n) is 9.53. The first kappa shape index (κ1) is 14.6. The minimum Gasteiger partial charge on any atom is -0.480 e. The summed E-state index contributed by atoms with van der Waals surface area (Å²) in [6.07, 6.45) is -4.96. The Hall–Kier alpha value is -1.51. The lowest BCUT2D eigenvalue weighted by Crippen LogP contribution is -2.48. The predicted molar refractivity (Wildman–Crippen MR) is 53.0 cm³/mol. The molecule has 1 aliphatic rings. The summed E-state index contributed by atoms with van der Waals surface area (Å²) in [6, 6.07) is -2.22. The second-order valence-electron chi connectivity index (χ2n) is 3.87. The number of carboxylic acid groups (broad SMARTS) is 1. The highest BCUT2D eigenvalue weighted by Crippen LogP contribution is 2.20. The zero-order valence-corrected chi connectivity index (χ0v) is 9.53. The van der Waals surface area contributed by atoms with Gasteiger partial charge in [0.25, 0.3) is 0 Å². The van der Waals surface area contributed by atoms with Gasteiger partial charge in [-0.2, -0.15) is 13.2 Å². The average Bonchev–Trinajstić information content (AvgIpc) is 2.69. The molecule has 0 bridgehead atoms. The number of methoxy groups -OCH3 is 1. The highest BCUT2D eigenvalue weighted by Gasteiger charge is 2.40. The van der Waals surface area contributed by atoms with E-state index in [9.17, 15) is 22.8 Å². The van der Waals surface area contributed by atoms with Gasteiger partial charge in [0.05, 0.1) is 6.10 Å². The minimum atomic E-state index is -4.53. The molecule has 0 radical (unpaired) electrons. The third-order valence-corrected chi connectivity index (χ3v) is 2.58. The number of carbonyl (C=O) groups excluding carboxylic acids is 1. The second kappa shape index (κ2) is 5.42. The molecule has 6 nitrogen and oxygen atoms in total. The van der Waals surface area contributed by atoms with Crippen molar-refractivity contribution in [2.24, 2.45) is 0 Å². The summed E-state index contributed by atoms with van der Waals surface area (Å²) in [6.45, 7) is -1.54. The van der Waals surface area contributed by atoms with Crippen LogP contribution >= 0.6 is 0 Å². The number of halogens is 3. The molecule has 0 saturated carbocycles. The van der Waals surface area contributed by atoms with Crippen molar-refractivity contribution in [3.8, 4) is 0 Å². The maximum atomic E-state index is 11.9. The molecule has 104 valence electrons. The number of ether oxygens (including phenoxy) is 1. The van der Waals surface area contributed by atoms with Gasteiger partial charge in [-0.25, -0.2) is 9.59 Å². The van der Waals surface area contributed by atoms with E-state index < -0.39 is 36.9 Å². The fraction of sp³-hybridized carbons (Fsp3) is 0.778. The Labute approximate surface area is 101 Å². The Kier molecular flexibility index (Phi) is 4.38. The third kappa shape index (κ3) is 3.76. The molecule has 1 aliphatic heterocycles. The van der Waals surface area contributed by atoms with Crippen LogP contribution in [-0.2, 0) is 9.53 Å². The Morgan fingerprint density at radius 2 is 2.11 bits per heavy atom. The van der Waals surface area contributed by atoms with Crippen LogP contribution in [0.5, 0.6) is 0 Å². The Morgan fingerprint density at radius 3 is 2.56 bits per heavy atom. The van der Waals surface area contributed by atoms with Gasteiger partial charge in [-0.15, -0.1) is 0 Å². The van der Waals surface area contributed by atoms with E-state index in [0.717, 1.165) is 4.90 Å². The number of urea groups is 1. The van der Waals surface area contributed by atoms with E-state index in [1.54, 1.807) is 5.32 Å². The number of carboxylic acids is 1. The first-order chi connectivity index (χ1) is 8.24. The fourth-order valence-corrected chi connectivity index (χ4v) is 1.70. The van der Waals surface area contributed by atoms with Crippen molar-refractivity contribution in [3.63, 3.8) is 0 Å². The quantitative estimate of drug-likeness (QED) is 0.779. The molecule has 9 heteroatoms. The van der Waals surface area contributed by atoms with Crippen molar-refractivity contribution in [1.82, 2.24) is 10.2 Å². The number of nitrogens with one attached hydrogen (secondary N) is 1. The molecule has 0 spiro atoms. The summed E-state index contributed by atoms with van der Waals surface area (Å²) in [5.74, 6) is -1.27. The lowest BCUT2D eigenvalue weighted by Gasteiger charge is -2.22. The number of amides is 2. The summed E-state index contributed by atoms with van der Waals surface area (Å²) in [5, 5.41) is 10.5. The molecule has 1 rings (SSSR count). The molecule has 1 fully saturated rings. The minimum absolute atomic E-state index is 0.0445. The van der Waals surface area contributed by atoms with Crippen molar-refractivity contribution in [3.05, 3.63) is 0 Å². The van der Waals surface area contributed by atoms with Gasteiger partial charge in [-0.05, 0) is 0 Å². The Balaban J connectivity index is 2.62. The number of carbonyl (C=O) groups is 2. The van der Waals surface area contributed by atoms with E-state index in [1.165, 1.54) is 7.11 Å². The molecule has 2 amide bonds.